The lowest BCUT2D eigenvalue weighted by Gasteiger charge is -2.29. The molecule has 0 saturated heterocycles. The number of aromatic nitrogens is 4. The van der Waals surface area contributed by atoms with E-state index < -0.39 is 0 Å². The molecule has 3 rings (SSSR count). The number of hydrazine groups is 1. The summed E-state index contributed by atoms with van der Waals surface area (Å²) in [6.07, 6.45) is 0. The molecule has 0 aromatic carbocycles. The summed E-state index contributed by atoms with van der Waals surface area (Å²) in [4.78, 5) is 4.50. The van der Waals surface area contributed by atoms with Crippen LogP contribution >= 0.6 is 0 Å². The van der Waals surface area contributed by atoms with Gasteiger partial charge >= 0.3 is 0 Å². The molecule has 1 aliphatic rings. The van der Waals surface area contributed by atoms with Gasteiger partial charge in [0.2, 0.25) is 0 Å². The van der Waals surface area contributed by atoms with Crippen LogP contribution in [0.25, 0.3) is 11.5 Å². The summed E-state index contributed by atoms with van der Waals surface area (Å²) in [5.74, 6) is 7.63. The number of hydrogen-bond acceptors (Lipinski definition) is 5. The molecule has 0 spiro atoms. The second-order valence-corrected chi connectivity index (χ2v) is 4.61. The van der Waals surface area contributed by atoms with Crippen LogP contribution in [0.5, 0.6) is 0 Å². The van der Waals surface area contributed by atoms with Crippen LogP contribution in [0, 0.1) is 6.92 Å². The molecule has 0 amide bonds. The van der Waals surface area contributed by atoms with Crippen molar-refractivity contribution < 1.29 is 0 Å². The molecule has 18 heavy (non-hydrogen) atoms. The predicted octanol–water partition coefficient (Wildman–Crippen LogP) is 0.899. The quantitative estimate of drug-likeness (QED) is 0.754. The fourth-order valence-electron chi connectivity index (χ4n) is 2.26. The number of nitrogens with zero attached hydrogens (tertiary/aromatic N) is 5. The van der Waals surface area contributed by atoms with Gasteiger partial charge in [-0.25, -0.2) is 9.99 Å². The Hall–Kier alpha value is -1.79. The van der Waals surface area contributed by atoms with E-state index in [0.717, 1.165) is 36.1 Å². The lowest BCUT2D eigenvalue weighted by molar-refractivity contribution is 0.168. The van der Waals surface area contributed by atoms with E-state index in [1.54, 1.807) is 5.01 Å². The molecule has 1 atom stereocenters. The molecular formula is C12H16N6. The molecule has 2 aromatic heterocycles. The maximum Gasteiger partial charge on any atom is 0.182 e. The summed E-state index contributed by atoms with van der Waals surface area (Å²) < 4.78 is 2.11. The van der Waals surface area contributed by atoms with E-state index >= 15 is 0 Å². The minimum atomic E-state index is 0.0878. The standard InChI is InChI=1S/C12H16N6/c1-8-4-3-5-10(14-8)12-16-15-11-9(2)18(13)7-6-17(11)12/h3-5,9H,6-7,13H2,1-2H3/t9-/m1/s1. The summed E-state index contributed by atoms with van der Waals surface area (Å²) in [6, 6.07) is 6.01. The van der Waals surface area contributed by atoms with Gasteiger partial charge in [0, 0.05) is 18.8 Å². The first-order valence-corrected chi connectivity index (χ1v) is 6.05. The molecule has 0 unspecified atom stereocenters. The maximum atomic E-state index is 5.90. The van der Waals surface area contributed by atoms with Gasteiger partial charge in [-0.2, -0.15) is 0 Å². The van der Waals surface area contributed by atoms with Crippen LogP contribution in [0.1, 0.15) is 24.5 Å². The first-order chi connectivity index (χ1) is 8.66. The predicted molar refractivity (Wildman–Crippen MR) is 67.3 cm³/mol. The molecule has 0 bridgehead atoms. The fraction of sp³-hybridized carbons (Fsp3) is 0.417. The zero-order chi connectivity index (χ0) is 12.7. The van der Waals surface area contributed by atoms with Gasteiger partial charge in [0.1, 0.15) is 5.69 Å². The number of aryl methyl sites for hydroxylation is 1. The summed E-state index contributed by atoms with van der Waals surface area (Å²) in [5, 5.41) is 10.3. The zero-order valence-corrected chi connectivity index (χ0v) is 10.5. The third-order valence-electron chi connectivity index (χ3n) is 3.35. The highest BCUT2D eigenvalue weighted by Gasteiger charge is 2.26. The molecule has 6 heteroatoms. The van der Waals surface area contributed by atoms with Crippen LogP contribution in [0.4, 0.5) is 0 Å². The Balaban J connectivity index is 2.08. The van der Waals surface area contributed by atoms with Gasteiger partial charge in [0.15, 0.2) is 11.6 Å². The molecule has 0 fully saturated rings. The van der Waals surface area contributed by atoms with Crippen molar-refractivity contribution in [2.75, 3.05) is 6.54 Å². The normalized spacial score (nSPS) is 19.8. The van der Waals surface area contributed by atoms with Gasteiger partial charge < -0.3 is 4.57 Å². The third-order valence-corrected chi connectivity index (χ3v) is 3.35. The van der Waals surface area contributed by atoms with E-state index in [1.165, 1.54) is 0 Å². The summed E-state index contributed by atoms with van der Waals surface area (Å²) in [5.41, 5.74) is 1.85. The minimum Gasteiger partial charge on any atom is -0.307 e. The van der Waals surface area contributed by atoms with E-state index in [4.69, 9.17) is 5.84 Å². The maximum absolute atomic E-state index is 5.90. The average molecular weight is 244 g/mol. The number of nitrogens with two attached hydrogens (primary N) is 1. The topological polar surface area (TPSA) is 72.9 Å². The number of hydrogen-bond donors (Lipinski definition) is 1. The Kier molecular flexibility index (Phi) is 2.61. The molecule has 3 heterocycles. The summed E-state index contributed by atoms with van der Waals surface area (Å²) in [7, 11) is 0. The molecule has 6 nitrogen and oxygen atoms in total. The van der Waals surface area contributed by atoms with E-state index in [9.17, 15) is 0 Å². The minimum absolute atomic E-state index is 0.0878. The molecule has 0 aliphatic carbocycles. The van der Waals surface area contributed by atoms with E-state index in [0.29, 0.717) is 0 Å². The SMILES string of the molecule is Cc1cccc(-c2nnc3n2CCN(N)[C@@H]3C)n1. The van der Waals surface area contributed by atoms with Crippen LogP contribution in [-0.2, 0) is 6.54 Å². The lowest BCUT2D eigenvalue weighted by atomic mass is 10.2. The van der Waals surface area contributed by atoms with Crippen molar-refractivity contribution in [2.24, 2.45) is 5.84 Å². The highest BCUT2D eigenvalue weighted by Crippen LogP contribution is 2.25. The Morgan fingerprint density at radius 1 is 1.28 bits per heavy atom. The van der Waals surface area contributed by atoms with Crippen LogP contribution in [0.15, 0.2) is 18.2 Å². The second kappa shape index (κ2) is 4.15. The molecule has 0 radical (unpaired) electrons. The molecule has 1 aliphatic heterocycles. The Bertz CT molecular complexity index is 576. The van der Waals surface area contributed by atoms with E-state index in [2.05, 4.69) is 19.7 Å². The molecular weight excluding hydrogens is 228 g/mol. The van der Waals surface area contributed by atoms with Gasteiger partial charge in [0.25, 0.3) is 0 Å². The van der Waals surface area contributed by atoms with Crippen LogP contribution in [0.3, 0.4) is 0 Å². The fourth-order valence-corrected chi connectivity index (χ4v) is 2.26. The highest BCUT2D eigenvalue weighted by molar-refractivity contribution is 5.50. The van der Waals surface area contributed by atoms with Crippen molar-refractivity contribution in [1.82, 2.24) is 24.8 Å². The van der Waals surface area contributed by atoms with E-state index in [-0.39, 0.29) is 6.04 Å². The van der Waals surface area contributed by atoms with Gasteiger partial charge in [-0.3, -0.25) is 5.84 Å². The van der Waals surface area contributed by atoms with Crippen molar-refractivity contribution in [3.8, 4) is 11.5 Å². The molecule has 0 saturated carbocycles. The molecule has 2 N–H and O–H groups in total. The van der Waals surface area contributed by atoms with E-state index in [1.807, 2.05) is 32.0 Å². The Morgan fingerprint density at radius 3 is 2.89 bits per heavy atom. The third kappa shape index (κ3) is 1.70. The Morgan fingerprint density at radius 2 is 2.11 bits per heavy atom. The smallest absolute Gasteiger partial charge is 0.182 e. The zero-order valence-electron chi connectivity index (χ0n) is 10.5. The largest absolute Gasteiger partial charge is 0.307 e. The van der Waals surface area contributed by atoms with Crippen molar-refractivity contribution in [3.63, 3.8) is 0 Å². The first-order valence-electron chi connectivity index (χ1n) is 6.05. The number of fused-ring (bicyclic) bond motifs is 1. The van der Waals surface area contributed by atoms with Crippen molar-refractivity contribution >= 4 is 0 Å². The Labute approximate surface area is 105 Å². The van der Waals surface area contributed by atoms with Gasteiger partial charge in [-0.05, 0) is 26.0 Å². The summed E-state index contributed by atoms with van der Waals surface area (Å²) in [6.45, 7) is 5.60. The number of rotatable bonds is 1. The van der Waals surface area contributed by atoms with Crippen LogP contribution in [0.2, 0.25) is 0 Å². The first kappa shape index (κ1) is 11.3. The van der Waals surface area contributed by atoms with Crippen molar-refractivity contribution in [1.29, 1.82) is 0 Å². The van der Waals surface area contributed by atoms with Crippen LogP contribution in [-0.4, -0.2) is 31.3 Å². The molecule has 94 valence electrons. The lowest BCUT2D eigenvalue weighted by Crippen LogP contribution is -2.41. The monoisotopic (exact) mass is 244 g/mol. The van der Waals surface area contributed by atoms with Gasteiger partial charge in [-0.15, -0.1) is 10.2 Å². The average Bonchev–Trinajstić information content (AvgIpc) is 2.78. The second-order valence-electron chi connectivity index (χ2n) is 4.61. The summed E-state index contributed by atoms with van der Waals surface area (Å²) >= 11 is 0. The highest BCUT2D eigenvalue weighted by atomic mass is 15.5. The van der Waals surface area contributed by atoms with Crippen LogP contribution < -0.4 is 5.84 Å². The van der Waals surface area contributed by atoms with Crippen molar-refractivity contribution in [2.45, 2.75) is 26.4 Å². The molecule has 2 aromatic rings. The van der Waals surface area contributed by atoms with Gasteiger partial charge in [-0.1, -0.05) is 6.07 Å². The van der Waals surface area contributed by atoms with Crippen molar-refractivity contribution in [3.05, 3.63) is 29.7 Å². The number of pyridine rings is 1. The van der Waals surface area contributed by atoms with Gasteiger partial charge in [0.05, 0.1) is 6.04 Å².